The summed E-state index contributed by atoms with van der Waals surface area (Å²) in [6.07, 6.45) is 0. The zero-order valence-corrected chi connectivity index (χ0v) is 23.9. The Morgan fingerprint density at radius 3 is 1.89 bits per heavy atom. The van der Waals surface area contributed by atoms with E-state index in [9.17, 15) is 0 Å². The van der Waals surface area contributed by atoms with Gasteiger partial charge in [0, 0.05) is 27.5 Å². The Hall–Kier alpha value is -5.86. The van der Waals surface area contributed by atoms with Gasteiger partial charge in [0.2, 0.25) is 0 Å². The van der Waals surface area contributed by atoms with Crippen LogP contribution in [-0.2, 0) is 0 Å². The van der Waals surface area contributed by atoms with Crippen molar-refractivity contribution in [1.29, 1.82) is 0 Å². The van der Waals surface area contributed by atoms with E-state index >= 15 is 0 Å². The lowest BCUT2D eigenvalue weighted by molar-refractivity contribution is 0.669. The number of hydrogen-bond donors (Lipinski definition) is 0. The first-order valence-corrected chi connectivity index (χ1v) is 15.0. The number of rotatable bonds is 4. The lowest BCUT2D eigenvalue weighted by Gasteiger charge is -2.27. The Morgan fingerprint density at radius 2 is 1.02 bits per heavy atom. The van der Waals surface area contributed by atoms with E-state index in [2.05, 4.69) is 157 Å². The summed E-state index contributed by atoms with van der Waals surface area (Å²) >= 11 is 0. The van der Waals surface area contributed by atoms with Gasteiger partial charge < -0.3 is 9.32 Å². The molecule has 44 heavy (non-hydrogen) atoms. The summed E-state index contributed by atoms with van der Waals surface area (Å²) < 4.78 is 6.19. The van der Waals surface area contributed by atoms with Crippen LogP contribution in [-0.4, -0.2) is 0 Å². The smallest absolute Gasteiger partial charge is 0.136 e. The van der Waals surface area contributed by atoms with Crippen LogP contribution in [0.1, 0.15) is 0 Å². The monoisotopic (exact) mass is 561 g/mol. The second kappa shape index (κ2) is 9.86. The Labute approximate surface area is 255 Å². The van der Waals surface area contributed by atoms with Crippen LogP contribution < -0.4 is 4.90 Å². The van der Waals surface area contributed by atoms with E-state index in [4.69, 9.17) is 4.42 Å². The fourth-order valence-corrected chi connectivity index (χ4v) is 6.67. The second-order valence-electron chi connectivity index (χ2n) is 11.4. The molecule has 2 nitrogen and oxygen atoms in total. The van der Waals surface area contributed by atoms with Gasteiger partial charge in [0.05, 0.1) is 5.69 Å². The average Bonchev–Trinajstić information content (AvgIpc) is 3.45. The van der Waals surface area contributed by atoms with Crippen molar-refractivity contribution in [2.75, 3.05) is 4.90 Å². The molecule has 0 fully saturated rings. The van der Waals surface area contributed by atoms with Crippen LogP contribution in [0.5, 0.6) is 0 Å². The number of benzene rings is 8. The first kappa shape index (κ1) is 24.7. The third-order valence-corrected chi connectivity index (χ3v) is 8.82. The maximum Gasteiger partial charge on any atom is 0.136 e. The predicted octanol–water partition coefficient (Wildman–Crippen LogP) is 12.2. The van der Waals surface area contributed by atoms with E-state index in [0.29, 0.717) is 0 Å². The number of hydrogen-bond acceptors (Lipinski definition) is 2. The minimum atomic E-state index is 0.924. The molecule has 0 N–H and O–H groups in total. The highest BCUT2D eigenvalue weighted by Gasteiger charge is 2.17. The molecule has 0 unspecified atom stereocenters. The van der Waals surface area contributed by atoms with Gasteiger partial charge in [0.1, 0.15) is 11.2 Å². The van der Waals surface area contributed by atoms with Crippen LogP contribution in [0, 0.1) is 0 Å². The zero-order chi connectivity index (χ0) is 29.0. The van der Waals surface area contributed by atoms with Gasteiger partial charge in [-0.2, -0.15) is 0 Å². The van der Waals surface area contributed by atoms with Crippen molar-refractivity contribution >= 4 is 71.3 Å². The maximum absolute atomic E-state index is 6.19. The lowest BCUT2D eigenvalue weighted by atomic mass is 9.98. The van der Waals surface area contributed by atoms with E-state index in [1.165, 1.54) is 43.4 Å². The quantitative estimate of drug-likeness (QED) is 0.199. The highest BCUT2D eigenvalue weighted by atomic mass is 16.3. The summed E-state index contributed by atoms with van der Waals surface area (Å²) in [5.41, 5.74) is 7.66. The van der Waals surface area contributed by atoms with E-state index in [1.54, 1.807) is 0 Å². The summed E-state index contributed by atoms with van der Waals surface area (Å²) in [5.74, 6) is 0. The average molecular weight is 562 g/mol. The Kier molecular flexibility index (Phi) is 5.54. The molecule has 9 aromatic rings. The highest BCUT2D eigenvalue weighted by Crippen LogP contribution is 2.42. The standard InChI is InChI=1S/C42H27NO/c1-2-9-28(10-3-1)29-19-21-33(22-20-29)43(40-15-8-12-30-11-4-5-13-36(30)40)34-23-24-35-31(25-34)17-18-32-26-42-39(27-38(32)35)37-14-6-7-16-41(37)44-42/h1-27H. The summed E-state index contributed by atoms with van der Waals surface area (Å²) in [6, 6.07) is 58.7. The van der Waals surface area contributed by atoms with Crippen LogP contribution in [0.2, 0.25) is 0 Å². The van der Waals surface area contributed by atoms with E-state index in [1.807, 2.05) is 12.1 Å². The van der Waals surface area contributed by atoms with Gasteiger partial charge in [0.15, 0.2) is 0 Å². The van der Waals surface area contributed by atoms with Crippen molar-refractivity contribution in [3.8, 4) is 11.1 Å². The van der Waals surface area contributed by atoms with E-state index < -0.39 is 0 Å². The van der Waals surface area contributed by atoms with Crippen LogP contribution in [0.25, 0.3) is 65.4 Å². The fourth-order valence-electron chi connectivity index (χ4n) is 6.67. The number of para-hydroxylation sites is 1. The number of nitrogens with zero attached hydrogens (tertiary/aromatic N) is 1. The molecule has 0 saturated heterocycles. The predicted molar refractivity (Wildman–Crippen MR) is 186 cm³/mol. The summed E-state index contributed by atoms with van der Waals surface area (Å²) in [7, 11) is 0. The molecule has 0 atom stereocenters. The Bertz CT molecular complexity index is 2480. The van der Waals surface area contributed by atoms with Crippen LogP contribution in [0.3, 0.4) is 0 Å². The molecule has 0 bridgehead atoms. The molecule has 0 saturated carbocycles. The molecule has 2 heteroatoms. The van der Waals surface area contributed by atoms with Crippen LogP contribution >= 0.6 is 0 Å². The molecule has 206 valence electrons. The highest BCUT2D eigenvalue weighted by molar-refractivity contribution is 6.17. The lowest BCUT2D eigenvalue weighted by Crippen LogP contribution is -2.10. The van der Waals surface area contributed by atoms with Crippen molar-refractivity contribution in [1.82, 2.24) is 0 Å². The van der Waals surface area contributed by atoms with Gasteiger partial charge in [-0.05, 0) is 86.6 Å². The van der Waals surface area contributed by atoms with Gasteiger partial charge in [-0.1, -0.05) is 115 Å². The van der Waals surface area contributed by atoms with Gasteiger partial charge in [-0.15, -0.1) is 0 Å². The van der Waals surface area contributed by atoms with Crippen molar-refractivity contribution in [2.45, 2.75) is 0 Å². The van der Waals surface area contributed by atoms with Crippen molar-refractivity contribution in [2.24, 2.45) is 0 Å². The minimum Gasteiger partial charge on any atom is -0.456 e. The SMILES string of the molecule is c1ccc(-c2ccc(N(c3ccc4c(ccc5cc6oc7ccccc7c6cc54)c3)c3cccc4ccccc34)cc2)cc1. The molecule has 0 aliphatic carbocycles. The van der Waals surface area contributed by atoms with Gasteiger partial charge >= 0.3 is 0 Å². The molecule has 0 spiro atoms. The fraction of sp³-hybridized carbons (Fsp3) is 0. The molecule has 0 amide bonds. The molecule has 1 heterocycles. The van der Waals surface area contributed by atoms with Crippen molar-refractivity contribution in [3.63, 3.8) is 0 Å². The minimum absolute atomic E-state index is 0.924. The van der Waals surface area contributed by atoms with Gasteiger partial charge in [-0.3, -0.25) is 0 Å². The summed E-state index contributed by atoms with van der Waals surface area (Å²) in [5, 5.41) is 9.59. The zero-order valence-electron chi connectivity index (χ0n) is 23.9. The van der Waals surface area contributed by atoms with E-state index in [-0.39, 0.29) is 0 Å². The molecule has 8 aromatic carbocycles. The van der Waals surface area contributed by atoms with Gasteiger partial charge in [0.25, 0.3) is 0 Å². The first-order chi connectivity index (χ1) is 21.8. The first-order valence-electron chi connectivity index (χ1n) is 15.0. The molecule has 1 aromatic heterocycles. The maximum atomic E-state index is 6.19. The molecular weight excluding hydrogens is 534 g/mol. The molecule has 0 aliphatic heterocycles. The number of fused-ring (bicyclic) bond motifs is 7. The van der Waals surface area contributed by atoms with Crippen molar-refractivity contribution in [3.05, 3.63) is 164 Å². The number of anilines is 3. The van der Waals surface area contributed by atoms with Crippen LogP contribution in [0.4, 0.5) is 17.1 Å². The molecule has 0 aliphatic rings. The Balaban J connectivity index is 1.24. The third-order valence-electron chi connectivity index (χ3n) is 8.82. The van der Waals surface area contributed by atoms with Crippen molar-refractivity contribution < 1.29 is 4.42 Å². The largest absolute Gasteiger partial charge is 0.456 e. The summed E-state index contributed by atoms with van der Waals surface area (Å²) in [6.45, 7) is 0. The second-order valence-corrected chi connectivity index (χ2v) is 11.4. The summed E-state index contributed by atoms with van der Waals surface area (Å²) in [4.78, 5) is 2.38. The molecule has 9 rings (SSSR count). The topological polar surface area (TPSA) is 16.4 Å². The molecule has 0 radical (unpaired) electrons. The van der Waals surface area contributed by atoms with Crippen LogP contribution in [0.15, 0.2) is 168 Å². The van der Waals surface area contributed by atoms with Gasteiger partial charge in [-0.25, -0.2) is 0 Å². The number of furan rings is 1. The molecular formula is C42H27NO. The third kappa shape index (κ3) is 3.96. The normalized spacial score (nSPS) is 11.6. The Morgan fingerprint density at radius 1 is 0.341 bits per heavy atom. The van der Waals surface area contributed by atoms with E-state index in [0.717, 1.165) is 39.0 Å².